The van der Waals surface area contributed by atoms with Crippen LogP contribution >= 0.6 is 0 Å². The number of benzene rings is 1. The monoisotopic (exact) mass is 439 g/mol. The van der Waals surface area contributed by atoms with Crippen LogP contribution in [0, 0.1) is 5.92 Å². The van der Waals surface area contributed by atoms with Crippen molar-refractivity contribution in [2.45, 2.75) is 58.0 Å². The van der Waals surface area contributed by atoms with Gasteiger partial charge < -0.3 is 15.3 Å². The first-order valence-electron chi connectivity index (χ1n) is 10.4. The molecular weight excluding hydrogens is 406 g/mol. The molecule has 0 aliphatic heterocycles. The fourth-order valence-electron chi connectivity index (χ4n) is 3.93. The summed E-state index contributed by atoms with van der Waals surface area (Å²) < 4.78 is 25.8. The Hall–Kier alpha value is -2.13. The van der Waals surface area contributed by atoms with Gasteiger partial charge in [0.2, 0.25) is 15.9 Å². The Balaban J connectivity index is 2.33. The summed E-state index contributed by atoms with van der Waals surface area (Å²) in [7, 11) is -3.59. The van der Waals surface area contributed by atoms with Gasteiger partial charge in [0.25, 0.3) is 5.91 Å². The van der Waals surface area contributed by atoms with Crippen molar-refractivity contribution in [3.05, 3.63) is 29.8 Å². The Bertz CT molecular complexity index is 835. The lowest BCUT2D eigenvalue weighted by Gasteiger charge is -2.35. The molecule has 1 saturated carbocycles. The zero-order chi connectivity index (χ0) is 22.3. The largest absolute Gasteiger partial charge is 0.395 e. The third-order valence-corrected chi connectivity index (χ3v) is 5.83. The maximum absolute atomic E-state index is 13.4. The van der Waals surface area contributed by atoms with Crippen molar-refractivity contribution < 1.29 is 23.1 Å². The van der Waals surface area contributed by atoms with Gasteiger partial charge in [-0.2, -0.15) is 0 Å². The van der Waals surface area contributed by atoms with Gasteiger partial charge in [-0.1, -0.05) is 45.2 Å². The molecule has 0 aromatic heterocycles. The van der Waals surface area contributed by atoms with E-state index in [2.05, 4.69) is 10.0 Å². The molecule has 0 heterocycles. The van der Waals surface area contributed by atoms with E-state index in [4.69, 9.17) is 0 Å². The van der Waals surface area contributed by atoms with Gasteiger partial charge in [-0.05, 0) is 30.9 Å². The normalized spacial score (nSPS) is 16.2. The second-order valence-electron chi connectivity index (χ2n) is 8.17. The summed E-state index contributed by atoms with van der Waals surface area (Å²) in [5, 5.41) is 12.7. The van der Waals surface area contributed by atoms with Crippen molar-refractivity contribution in [2.24, 2.45) is 5.92 Å². The number of amides is 2. The van der Waals surface area contributed by atoms with Crippen LogP contribution in [0.4, 0.5) is 5.69 Å². The lowest BCUT2D eigenvalue weighted by Crippen LogP contribution is -2.55. The lowest BCUT2D eigenvalue weighted by atomic mass is 9.94. The summed E-state index contributed by atoms with van der Waals surface area (Å²) in [6.07, 6.45) is 6.16. The highest BCUT2D eigenvalue weighted by Crippen LogP contribution is 2.23. The molecule has 30 heavy (non-hydrogen) atoms. The predicted octanol–water partition coefficient (Wildman–Crippen LogP) is 1.97. The number of carbonyl (C=O) groups excluding carboxylic acids is 2. The number of nitrogens with one attached hydrogen (secondary N) is 2. The third-order valence-electron chi connectivity index (χ3n) is 5.24. The van der Waals surface area contributed by atoms with E-state index < -0.39 is 22.0 Å². The van der Waals surface area contributed by atoms with Crippen LogP contribution in [0.15, 0.2) is 24.3 Å². The molecule has 1 aromatic carbocycles. The van der Waals surface area contributed by atoms with Gasteiger partial charge in [-0.15, -0.1) is 0 Å². The van der Waals surface area contributed by atoms with Crippen LogP contribution in [0.1, 0.15) is 56.3 Å². The van der Waals surface area contributed by atoms with Crippen LogP contribution in [0.5, 0.6) is 0 Å². The number of aliphatic hydroxyl groups is 1. The molecule has 1 atom stereocenters. The molecule has 0 saturated heterocycles. The molecule has 168 valence electrons. The van der Waals surface area contributed by atoms with E-state index in [1.807, 2.05) is 13.8 Å². The van der Waals surface area contributed by atoms with Crippen molar-refractivity contribution in [1.82, 2.24) is 10.2 Å². The number of nitrogens with zero attached hydrogens (tertiary/aromatic N) is 1. The average Bonchev–Trinajstić information content (AvgIpc) is 2.67. The highest BCUT2D eigenvalue weighted by molar-refractivity contribution is 7.92. The van der Waals surface area contributed by atoms with E-state index in [0.29, 0.717) is 0 Å². The molecule has 0 bridgehead atoms. The van der Waals surface area contributed by atoms with Gasteiger partial charge in [0, 0.05) is 12.6 Å². The summed E-state index contributed by atoms with van der Waals surface area (Å²) in [4.78, 5) is 27.8. The summed E-state index contributed by atoms with van der Waals surface area (Å²) in [6, 6.07) is 5.57. The number of rotatable bonds is 9. The number of para-hydroxylation sites is 1. The van der Waals surface area contributed by atoms with E-state index in [9.17, 15) is 23.1 Å². The fourth-order valence-corrected chi connectivity index (χ4v) is 4.50. The van der Waals surface area contributed by atoms with Gasteiger partial charge in [0.05, 0.1) is 24.1 Å². The standard InChI is InChI=1S/C21H33N3O5S/c1-15(2)19(20(26)22-16-9-5-4-6-10-16)24(13-14-25)21(27)17-11-7-8-12-18(17)23-30(3,28)29/h7-8,11-12,15-16,19,23,25H,4-6,9-10,13-14H2,1-3H3,(H,22,26). The zero-order valence-corrected chi connectivity index (χ0v) is 18.7. The minimum Gasteiger partial charge on any atom is -0.395 e. The fraction of sp³-hybridized carbons (Fsp3) is 0.619. The summed E-state index contributed by atoms with van der Waals surface area (Å²) in [6.45, 7) is 3.35. The Morgan fingerprint density at radius 1 is 1.17 bits per heavy atom. The quantitative estimate of drug-likeness (QED) is 0.544. The van der Waals surface area contributed by atoms with Crippen molar-refractivity contribution >= 4 is 27.5 Å². The van der Waals surface area contributed by atoms with E-state index in [-0.39, 0.29) is 42.3 Å². The van der Waals surface area contributed by atoms with E-state index in [1.165, 1.54) is 23.5 Å². The molecule has 1 unspecified atom stereocenters. The molecule has 2 rings (SSSR count). The molecule has 1 aliphatic rings. The van der Waals surface area contributed by atoms with Gasteiger partial charge in [-0.25, -0.2) is 8.42 Å². The first-order valence-corrected chi connectivity index (χ1v) is 12.3. The predicted molar refractivity (Wildman–Crippen MR) is 117 cm³/mol. The highest BCUT2D eigenvalue weighted by Gasteiger charge is 2.34. The van der Waals surface area contributed by atoms with Gasteiger partial charge in [0.15, 0.2) is 0 Å². The number of aliphatic hydroxyl groups excluding tert-OH is 1. The molecule has 8 nitrogen and oxygen atoms in total. The lowest BCUT2D eigenvalue weighted by molar-refractivity contribution is -0.128. The molecule has 3 N–H and O–H groups in total. The maximum atomic E-state index is 13.4. The van der Waals surface area contributed by atoms with Crippen LogP contribution in [0.3, 0.4) is 0 Å². The molecule has 1 aliphatic carbocycles. The topological polar surface area (TPSA) is 116 Å². The van der Waals surface area contributed by atoms with Crippen LogP contribution in [0.25, 0.3) is 0 Å². The summed E-state index contributed by atoms with van der Waals surface area (Å²) in [5.74, 6) is -0.945. The SMILES string of the molecule is CC(C)C(C(=O)NC1CCCCC1)N(CCO)C(=O)c1ccccc1NS(C)(=O)=O. The van der Waals surface area contributed by atoms with E-state index in [1.54, 1.807) is 12.1 Å². The van der Waals surface area contributed by atoms with Crippen molar-refractivity contribution in [1.29, 1.82) is 0 Å². The first kappa shape index (κ1) is 24.1. The summed E-state index contributed by atoms with van der Waals surface area (Å²) in [5.41, 5.74) is 0.274. The smallest absolute Gasteiger partial charge is 0.256 e. The minimum atomic E-state index is -3.59. The molecule has 0 spiro atoms. The number of carbonyl (C=O) groups is 2. The maximum Gasteiger partial charge on any atom is 0.256 e. The van der Waals surface area contributed by atoms with Gasteiger partial charge in [-0.3, -0.25) is 14.3 Å². The number of sulfonamides is 1. The number of hydrogen-bond acceptors (Lipinski definition) is 5. The first-order chi connectivity index (χ1) is 14.1. The molecule has 2 amide bonds. The number of anilines is 1. The van der Waals surface area contributed by atoms with E-state index in [0.717, 1.165) is 31.9 Å². The van der Waals surface area contributed by atoms with Gasteiger partial charge >= 0.3 is 0 Å². The van der Waals surface area contributed by atoms with Crippen molar-refractivity contribution in [3.8, 4) is 0 Å². The Labute approximate surface area is 179 Å². The Morgan fingerprint density at radius 2 is 1.80 bits per heavy atom. The van der Waals surface area contributed by atoms with Crippen LogP contribution in [0.2, 0.25) is 0 Å². The summed E-state index contributed by atoms with van der Waals surface area (Å²) >= 11 is 0. The van der Waals surface area contributed by atoms with Crippen LogP contribution < -0.4 is 10.0 Å². The van der Waals surface area contributed by atoms with Crippen molar-refractivity contribution in [2.75, 3.05) is 24.1 Å². The average molecular weight is 440 g/mol. The minimum absolute atomic E-state index is 0.0347. The molecule has 0 radical (unpaired) electrons. The van der Waals surface area contributed by atoms with Crippen LogP contribution in [-0.4, -0.2) is 61.7 Å². The van der Waals surface area contributed by atoms with E-state index >= 15 is 0 Å². The van der Waals surface area contributed by atoms with Crippen molar-refractivity contribution in [3.63, 3.8) is 0 Å². The highest BCUT2D eigenvalue weighted by atomic mass is 32.2. The van der Waals surface area contributed by atoms with Crippen LogP contribution in [-0.2, 0) is 14.8 Å². The number of hydrogen-bond donors (Lipinski definition) is 3. The second kappa shape index (κ2) is 10.8. The van der Waals surface area contributed by atoms with Gasteiger partial charge in [0.1, 0.15) is 6.04 Å². The Kier molecular flexibility index (Phi) is 8.66. The molecular formula is C21H33N3O5S. The third kappa shape index (κ3) is 6.70. The molecule has 1 aromatic rings. The second-order valence-corrected chi connectivity index (χ2v) is 9.92. The Morgan fingerprint density at radius 3 is 2.37 bits per heavy atom. The molecule has 1 fully saturated rings. The zero-order valence-electron chi connectivity index (χ0n) is 17.9. The molecule has 9 heteroatoms.